The van der Waals surface area contributed by atoms with E-state index in [4.69, 9.17) is 4.74 Å². The van der Waals surface area contributed by atoms with Crippen molar-refractivity contribution >= 4 is 11.8 Å². The molecule has 128 valence electrons. The van der Waals surface area contributed by atoms with Crippen LogP contribution in [0, 0.1) is 17.3 Å². The highest BCUT2D eigenvalue weighted by molar-refractivity contribution is 5.84. The van der Waals surface area contributed by atoms with E-state index in [-0.39, 0.29) is 23.0 Å². The first-order valence-electron chi connectivity index (χ1n) is 9.10. The van der Waals surface area contributed by atoms with Crippen LogP contribution >= 0.6 is 0 Å². The normalized spacial score (nSPS) is 45.1. The van der Waals surface area contributed by atoms with E-state index in [1.54, 1.807) is 6.92 Å². The molecule has 0 spiro atoms. The van der Waals surface area contributed by atoms with E-state index < -0.39 is 0 Å². The van der Waals surface area contributed by atoms with Crippen LogP contribution in [0.2, 0.25) is 0 Å². The van der Waals surface area contributed by atoms with Crippen molar-refractivity contribution in [3.8, 4) is 0 Å². The van der Waals surface area contributed by atoms with Crippen molar-refractivity contribution in [1.82, 2.24) is 10.2 Å². The van der Waals surface area contributed by atoms with Crippen molar-refractivity contribution in [1.29, 1.82) is 0 Å². The summed E-state index contributed by atoms with van der Waals surface area (Å²) >= 11 is 0. The molecule has 0 radical (unpaired) electrons. The fraction of sp³-hybridized carbons (Fsp3) is 0.889. The lowest BCUT2D eigenvalue weighted by Crippen LogP contribution is -2.66. The van der Waals surface area contributed by atoms with Crippen LogP contribution in [0.3, 0.4) is 0 Å². The van der Waals surface area contributed by atoms with Gasteiger partial charge >= 0.3 is 0 Å². The SMILES string of the molecule is CC(=O)NC12C[C@H]3C[C@@H](C1)CC(C(=O)N1CCO[C@H](C)C1)(C3)C2. The molecule has 5 fully saturated rings. The molecule has 1 heterocycles. The number of rotatable bonds is 2. The summed E-state index contributed by atoms with van der Waals surface area (Å²) in [5.41, 5.74) is -0.354. The lowest BCUT2D eigenvalue weighted by Gasteiger charge is -2.62. The van der Waals surface area contributed by atoms with E-state index in [1.165, 1.54) is 6.42 Å². The number of carbonyl (C=O) groups excluding carboxylic acids is 2. The lowest BCUT2D eigenvalue weighted by atomic mass is 9.46. The highest BCUT2D eigenvalue weighted by Crippen LogP contribution is 2.62. The molecule has 23 heavy (non-hydrogen) atoms. The van der Waals surface area contributed by atoms with E-state index in [0.29, 0.717) is 37.4 Å². The smallest absolute Gasteiger partial charge is 0.229 e. The predicted octanol–water partition coefficient (Wildman–Crippen LogP) is 1.71. The van der Waals surface area contributed by atoms with E-state index in [0.717, 1.165) is 32.1 Å². The summed E-state index contributed by atoms with van der Waals surface area (Å²) < 4.78 is 5.60. The second-order valence-corrected chi connectivity index (χ2v) is 8.64. The Balaban J connectivity index is 1.60. The van der Waals surface area contributed by atoms with Crippen LogP contribution in [-0.4, -0.2) is 48.1 Å². The maximum Gasteiger partial charge on any atom is 0.229 e. The minimum atomic E-state index is -0.233. The van der Waals surface area contributed by atoms with Gasteiger partial charge in [-0.25, -0.2) is 0 Å². The van der Waals surface area contributed by atoms with Gasteiger partial charge in [-0.05, 0) is 57.3 Å². The number of hydrogen-bond acceptors (Lipinski definition) is 3. The third-order valence-corrected chi connectivity index (χ3v) is 6.48. The highest BCUT2D eigenvalue weighted by atomic mass is 16.5. The zero-order valence-electron chi connectivity index (χ0n) is 14.3. The van der Waals surface area contributed by atoms with Crippen molar-refractivity contribution in [2.24, 2.45) is 17.3 Å². The van der Waals surface area contributed by atoms with Crippen LogP contribution in [0.15, 0.2) is 0 Å². The molecule has 5 heteroatoms. The molecular formula is C18H28N2O3. The number of nitrogens with one attached hydrogen (secondary N) is 1. The lowest BCUT2D eigenvalue weighted by molar-refractivity contribution is -0.168. The van der Waals surface area contributed by atoms with E-state index >= 15 is 0 Å². The van der Waals surface area contributed by atoms with Gasteiger partial charge in [-0.1, -0.05) is 0 Å². The fourth-order valence-corrected chi connectivity index (χ4v) is 6.37. The van der Waals surface area contributed by atoms with Gasteiger partial charge in [0.05, 0.1) is 18.1 Å². The standard InChI is InChI=1S/C18H28N2O3/c1-12-10-20(3-4-23-12)16(22)17-6-14-5-15(7-17)9-18(8-14,11-17)19-13(2)21/h12,14-15H,3-11H2,1-2H3,(H,19,21)/t12-,14-,15+,17?,18?/m1/s1. The summed E-state index contributed by atoms with van der Waals surface area (Å²) in [6.07, 6.45) is 6.40. The molecule has 4 saturated carbocycles. The fourth-order valence-electron chi connectivity index (χ4n) is 6.37. The molecule has 5 atom stereocenters. The third kappa shape index (κ3) is 2.57. The van der Waals surface area contributed by atoms with Crippen LogP contribution in [0.5, 0.6) is 0 Å². The largest absolute Gasteiger partial charge is 0.375 e. The average molecular weight is 320 g/mol. The first-order chi connectivity index (χ1) is 10.9. The molecule has 4 aliphatic carbocycles. The molecule has 0 aromatic heterocycles. The Labute approximate surface area is 138 Å². The molecule has 2 unspecified atom stereocenters. The number of hydrogen-bond donors (Lipinski definition) is 1. The summed E-state index contributed by atoms with van der Waals surface area (Å²) in [6, 6.07) is 0. The van der Waals surface area contributed by atoms with Gasteiger partial charge in [0, 0.05) is 25.6 Å². The molecule has 1 saturated heterocycles. The first-order valence-corrected chi connectivity index (χ1v) is 9.10. The van der Waals surface area contributed by atoms with Crippen molar-refractivity contribution in [2.75, 3.05) is 19.7 Å². The number of morpholine rings is 1. The highest BCUT2D eigenvalue weighted by Gasteiger charge is 2.61. The Kier molecular flexibility index (Phi) is 3.49. The first kappa shape index (κ1) is 15.4. The van der Waals surface area contributed by atoms with Crippen LogP contribution in [0.4, 0.5) is 0 Å². The van der Waals surface area contributed by atoms with Crippen molar-refractivity contribution in [3.63, 3.8) is 0 Å². The number of carbonyl (C=O) groups is 2. The molecular weight excluding hydrogens is 292 g/mol. The van der Waals surface area contributed by atoms with Crippen LogP contribution in [-0.2, 0) is 14.3 Å². The Bertz CT molecular complexity index is 518. The number of ether oxygens (including phenoxy) is 1. The van der Waals surface area contributed by atoms with Gasteiger partial charge in [-0.2, -0.15) is 0 Å². The quantitative estimate of drug-likeness (QED) is 0.842. The maximum atomic E-state index is 13.4. The van der Waals surface area contributed by atoms with Gasteiger partial charge in [-0.3, -0.25) is 9.59 Å². The number of amides is 2. The zero-order valence-corrected chi connectivity index (χ0v) is 14.3. The second kappa shape index (κ2) is 5.20. The molecule has 5 aliphatic rings. The van der Waals surface area contributed by atoms with Gasteiger partial charge < -0.3 is 15.0 Å². The van der Waals surface area contributed by atoms with Crippen molar-refractivity contribution < 1.29 is 14.3 Å². The Morgan fingerprint density at radius 3 is 2.48 bits per heavy atom. The molecule has 5 nitrogen and oxygen atoms in total. The van der Waals surface area contributed by atoms with Crippen molar-refractivity contribution in [2.45, 2.75) is 64.0 Å². The second-order valence-electron chi connectivity index (χ2n) is 8.64. The maximum absolute atomic E-state index is 13.4. The average Bonchev–Trinajstić information content (AvgIpc) is 2.43. The summed E-state index contributed by atoms with van der Waals surface area (Å²) in [7, 11) is 0. The van der Waals surface area contributed by atoms with Gasteiger partial charge in [0.15, 0.2) is 0 Å². The summed E-state index contributed by atoms with van der Waals surface area (Å²) in [4.78, 5) is 27.1. The molecule has 1 aliphatic heterocycles. The molecule has 2 amide bonds. The van der Waals surface area contributed by atoms with Crippen LogP contribution in [0.25, 0.3) is 0 Å². The summed E-state index contributed by atoms with van der Waals surface area (Å²) in [5, 5.41) is 3.24. The van der Waals surface area contributed by atoms with E-state index in [2.05, 4.69) is 5.32 Å². The minimum absolute atomic E-state index is 0.0505. The number of nitrogens with zero attached hydrogens (tertiary/aromatic N) is 1. The molecule has 0 aromatic carbocycles. The Morgan fingerprint density at radius 1 is 1.17 bits per heavy atom. The third-order valence-electron chi connectivity index (χ3n) is 6.48. The van der Waals surface area contributed by atoms with Gasteiger partial charge in [0.2, 0.25) is 11.8 Å². The zero-order chi connectivity index (χ0) is 16.2. The summed E-state index contributed by atoms with van der Waals surface area (Å²) in [6.45, 7) is 5.72. The minimum Gasteiger partial charge on any atom is -0.375 e. The van der Waals surface area contributed by atoms with Gasteiger partial charge in [0.1, 0.15) is 0 Å². The molecule has 4 bridgehead atoms. The molecule has 0 aromatic rings. The topological polar surface area (TPSA) is 58.6 Å². The molecule has 5 rings (SSSR count). The van der Waals surface area contributed by atoms with Crippen LogP contribution < -0.4 is 5.32 Å². The molecule has 1 N–H and O–H groups in total. The summed E-state index contributed by atoms with van der Waals surface area (Å²) in [5.74, 6) is 1.59. The predicted molar refractivity (Wildman–Crippen MR) is 85.7 cm³/mol. The Morgan fingerprint density at radius 2 is 1.87 bits per heavy atom. The van der Waals surface area contributed by atoms with Crippen molar-refractivity contribution in [3.05, 3.63) is 0 Å². The van der Waals surface area contributed by atoms with E-state index in [9.17, 15) is 9.59 Å². The van der Waals surface area contributed by atoms with E-state index in [1.807, 2.05) is 11.8 Å². The van der Waals surface area contributed by atoms with Crippen LogP contribution in [0.1, 0.15) is 52.4 Å². The monoisotopic (exact) mass is 320 g/mol. The van der Waals surface area contributed by atoms with Gasteiger partial charge in [-0.15, -0.1) is 0 Å². The van der Waals surface area contributed by atoms with Gasteiger partial charge in [0.25, 0.3) is 0 Å². The Hall–Kier alpha value is -1.10.